The molecule has 2 heterocycles. The molecular weight excluding hydrogens is 248 g/mol. The zero-order valence-electron chi connectivity index (χ0n) is 13.1. The number of fused-ring (bicyclic) bond motifs is 1. The van der Waals surface area contributed by atoms with Crippen molar-refractivity contribution in [3.05, 3.63) is 0 Å². The van der Waals surface area contributed by atoms with Crippen LogP contribution in [0.2, 0.25) is 0 Å². The number of hydrogen-bond acceptors (Lipinski definition) is 3. The van der Waals surface area contributed by atoms with Gasteiger partial charge in [0.25, 0.3) is 0 Å². The molecular formula is C17H32N2O. The van der Waals surface area contributed by atoms with E-state index in [4.69, 9.17) is 0 Å². The Morgan fingerprint density at radius 1 is 1.00 bits per heavy atom. The van der Waals surface area contributed by atoms with E-state index in [-0.39, 0.29) is 6.10 Å². The molecule has 0 aromatic heterocycles. The summed E-state index contributed by atoms with van der Waals surface area (Å²) >= 11 is 0. The molecule has 2 saturated heterocycles. The first-order valence-electron chi connectivity index (χ1n) is 8.94. The van der Waals surface area contributed by atoms with Gasteiger partial charge in [0.05, 0.1) is 6.10 Å². The summed E-state index contributed by atoms with van der Waals surface area (Å²) in [6, 6.07) is 1.22. The fourth-order valence-corrected chi connectivity index (χ4v) is 4.81. The Morgan fingerprint density at radius 2 is 1.80 bits per heavy atom. The highest BCUT2D eigenvalue weighted by molar-refractivity contribution is 4.92. The van der Waals surface area contributed by atoms with Crippen LogP contribution >= 0.6 is 0 Å². The van der Waals surface area contributed by atoms with Crippen LogP contribution in [0.25, 0.3) is 0 Å². The fourth-order valence-electron chi connectivity index (χ4n) is 4.81. The van der Waals surface area contributed by atoms with Crippen LogP contribution in [-0.2, 0) is 0 Å². The number of nitrogens with zero attached hydrogens (tertiary/aromatic N) is 2. The topological polar surface area (TPSA) is 26.7 Å². The molecule has 20 heavy (non-hydrogen) atoms. The largest absolute Gasteiger partial charge is 0.391 e. The first kappa shape index (κ1) is 14.8. The van der Waals surface area contributed by atoms with Gasteiger partial charge in [-0.1, -0.05) is 19.8 Å². The van der Waals surface area contributed by atoms with E-state index < -0.39 is 0 Å². The predicted molar refractivity (Wildman–Crippen MR) is 82.8 cm³/mol. The van der Waals surface area contributed by atoms with Crippen LogP contribution in [0.3, 0.4) is 0 Å². The number of aliphatic hydroxyl groups is 1. The highest BCUT2D eigenvalue weighted by Gasteiger charge is 2.36. The second-order valence-electron chi connectivity index (χ2n) is 7.28. The van der Waals surface area contributed by atoms with Crippen molar-refractivity contribution in [3.8, 4) is 0 Å². The quantitative estimate of drug-likeness (QED) is 0.860. The average molecular weight is 280 g/mol. The normalized spacial score (nSPS) is 40.5. The van der Waals surface area contributed by atoms with Crippen LogP contribution in [0.5, 0.6) is 0 Å². The molecule has 3 fully saturated rings. The van der Waals surface area contributed by atoms with E-state index in [1.165, 1.54) is 71.1 Å². The summed E-state index contributed by atoms with van der Waals surface area (Å²) in [6.45, 7) is 7.29. The standard InChI is InChI=1S/C17H32N2O/c1-2-5-14-7-8-17(20)16(12-14)19-11-4-10-18-9-3-6-15(18)13-19/h14-17,20H,2-13H2,1H3. The van der Waals surface area contributed by atoms with Crippen LogP contribution < -0.4 is 0 Å². The minimum atomic E-state index is -0.0731. The monoisotopic (exact) mass is 280 g/mol. The maximum Gasteiger partial charge on any atom is 0.0695 e. The first-order valence-corrected chi connectivity index (χ1v) is 8.94. The van der Waals surface area contributed by atoms with Crippen molar-refractivity contribution in [3.63, 3.8) is 0 Å². The second-order valence-corrected chi connectivity index (χ2v) is 7.28. The highest BCUT2D eigenvalue weighted by Crippen LogP contribution is 2.33. The molecule has 116 valence electrons. The molecule has 1 N–H and O–H groups in total. The van der Waals surface area contributed by atoms with E-state index in [0.29, 0.717) is 6.04 Å². The van der Waals surface area contributed by atoms with Gasteiger partial charge in [-0.05, 0) is 64.1 Å². The lowest BCUT2D eigenvalue weighted by atomic mass is 9.80. The van der Waals surface area contributed by atoms with Crippen LogP contribution in [0.4, 0.5) is 0 Å². The van der Waals surface area contributed by atoms with Gasteiger partial charge in [-0.2, -0.15) is 0 Å². The number of hydrogen-bond donors (Lipinski definition) is 1. The summed E-state index contributed by atoms with van der Waals surface area (Å²) in [5.74, 6) is 0.858. The van der Waals surface area contributed by atoms with Crippen LogP contribution in [0, 0.1) is 5.92 Å². The minimum Gasteiger partial charge on any atom is -0.391 e. The molecule has 2 aliphatic heterocycles. The van der Waals surface area contributed by atoms with Crippen molar-refractivity contribution in [2.75, 3.05) is 26.2 Å². The first-order chi connectivity index (χ1) is 9.78. The lowest BCUT2D eigenvalue weighted by molar-refractivity contribution is -0.000685. The van der Waals surface area contributed by atoms with Crippen LogP contribution in [0.1, 0.15) is 58.3 Å². The van der Waals surface area contributed by atoms with Gasteiger partial charge in [0, 0.05) is 18.6 Å². The summed E-state index contributed by atoms with van der Waals surface area (Å²) in [5.41, 5.74) is 0. The van der Waals surface area contributed by atoms with Crippen molar-refractivity contribution in [2.24, 2.45) is 5.92 Å². The molecule has 3 aliphatic rings. The Morgan fingerprint density at radius 3 is 2.65 bits per heavy atom. The van der Waals surface area contributed by atoms with E-state index in [2.05, 4.69) is 16.7 Å². The highest BCUT2D eigenvalue weighted by atomic mass is 16.3. The molecule has 3 nitrogen and oxygen atoms in total. The zero-order chi connectivity index (χ0) is 13.9. The summed E-state index contributed by atoms with van der Waals surface area (Å²) in [5, 5.41) is 10.5. The van der Waals surface area contributed by atoms with Gasteiger partial charge >= 0.3 is 0 Å². The Bertz CT molecular complexity index is 309. The van der Waals surface area contributed by atoms with Gasteiger partial charge in [0.1, 0.15) is 0 Å². The summed E-state index contributed by atoms with van der Waals surface area (Å²) in [6.07, 6.45) is 10.1. The molecule has 4 atom stereocenters. The minimum absolute atomic E-state index is 0.0731. The molecule has 1 saturated carbocycles. The van der Waals surface area contributed by atoms with E-state index in [9.17, 15) is 5.11 Å². The Kier molecular flexibility index (Phi) is 5.00. The van der Waals surface area contributed by atoms with E-state index in [1.807, 2.05) is 0 Å². The van der Waals surface area contributed by atoms with Gasteiger partial charge in [-0.15, -0.1) is 0 Å². The van der Waals surface area contributed by atoms with Crippen molar-refractivity contribution >= 4 is 0 Å². The van der Waals surface area contributed by atoms with Gasteiger partial charge in [0.2, 0.25) is 0 Å². The van der Waals surface area contributed by atoms with Gasteiger partial charge in [0.15, 0.2) is 0 Å². The van der Waals surface area contributed by atoms with Gasteiger partial charge in [-0.3, -0.25) is 9.80 Å². The molecule has 0 aromatic carbocycles. The molecule has 4 unspecified atom stereocenters. The number of aliphatic hydroxyl groups excluding tert-OH is 1. The lowest BCUT2D eigenvalue weighted by Gasteiger charge is -2.41. The third-order valence-corrected chi connectivity index (χ3v) is 5.89. The van der Waals surface area contributed by atoms with Crippen molar-refractivity contribution in [1.82, 2.24) is 9.80 Å². The van der Waals surface area contributed by atoms with Crippen LogP contribution in [0.15, 0.2) is 0 Å². The molecule has 0 radical (unpaired) electrons. The molecule has 0 spiro atoms. The Labute approximate surface area is 124 Å². The smallest absolute Gasteiger partial charge is 0.0695 e. The summed E-state index contributed by atoms with van der Waals surface area (Å²) in [7, 11) is 0. The predicted octanol–water partition coefficient (Wildman–Crippen LogP) is 2.49. The molecule has 3 heteroatoms. The molecule has 0 aromatic rings. The number of rotatable bonds is 3. The third kappa shape index (κ3) is 3.20. The van der Waals surface area contributed by atoms with Crippen molar-refractivity contribution in [2.45, 2.75) is 76.5 Å². The lowest BCUT2D eigenvalue weighted by Crippen LogP contribution is -2.50. The molecule has 3 rings (SSSR count). The SMILES string of the molecule is CCCC1CCC(O)C(N2CCCN3CCCC3C2)C1. The third-order valence-electron chi connectivity index (χ3n) is 5.89. The van der Waals surface area contributed by atoms with Crippen LogP contribution in [-0.4, -0.2) is 59.3 Å². The summed E-state index contributed by atoms with van der Waals surface area (Å²) in [4.78, 5) is 5.35. The molecule has 0 bridgehead atoms. The van der Waals surface area contributed by atoms with Gasteiger partial charge < -0.3 is 5.11 Å². The Hall–Kier alpha value is -0.120. The van der Waals surface area contributed by atoms with E-state index in [1.54, 1.807) is 0 Å². The van der Waals surface area contributed by atoms with E-state index in [0.717, 1.165) is 18.4 Å². The Balaban J connectivity index is 1.63. The molecule has 0 amide bonds. The zero-order valence-corrected chi connectivity index (χ0v) is 13.1. The maximum absolute atomic E-state index is 10.5. The van der Waals surface area contributed by atoms with Crippen molar-refractivity contribution in [1.29, 1.82) is 0 Å². The molecule has 1 aliphatic carbocycles. The second kappa shape index (κ2) is 6.76. The van der Waals surface area contributed by atoms with Gasteiger partial charge in [-0.25, -0.2) is 0 Å². The average Bonchev–Trinajstić information content (AvgIpc) is 2.79. The van der Waals surface area contributed by atoms with Crippen molar-refractivity contribution < 1.29 is 5.11 Å². The fraction of sp³-hybridized carbons (Fsp3) is 1.00. The maximum atomic E-state index is 10.5. The van der Waals surface area contributed by atoms with E-state index >= 15 is 0 Å². The summed E-state index contributed by atoms with van der Waals surface area (Å²) < 4.78 is 0.